The van der Waals surface area contributed by atoms with Gasteiger partial charge in [0.05, 0.1) is 5.02 Å². The summed E-state index contributed by atoms with van der Waals surface area (Å²) in [6.07, 6.45) is 1.69. The lowest BCUT2D eigenvalue weighted by Gasteiger charge is -2.03. The Labute approximate surface area is 87.4 Å². The molecule has 2 aromatic rings. The highest BCUT2D eigenvalue weighted by molar-refractivity contribution is 6.33. The number of halogens is 1. The molecule has 1 aromatic heterocycles. The van der Waals surface area contributed by atoms with Gasteiger partial charge in [0.2, 0.25) is 0 Å². The second kappa shape index (κ2) is 3.68. The van der Waals surface area contributed by atoms with Gasteiger partial charge in [0.15, 0.2) is 0 Å². The monoisotopic (exact) mass is 204 g/mol. The van der Waals surface area contributed by atoms with Crippen molar-refractivity contribution in [3.05, 3.63) is 47.6 Å². The highest BCUT2D eigenvalue weighted by Crippen LogP contribution is 2.27. The van der Waals surface area contributed by atoms with Crippen LogP contribution in [-0.2, 0) is 0 Å². The number of nitrogens with zero attached hydrogens (tertiary/aromatic N) is 1. The molecule has 0 saturated heterocycles. The zero-order valence-corrected chi connectivity index (χ0v) is 8.20. The first-order chi connectivity index (χ1) is 6.77. The summed E-state index contributed by atoms with van der Waals surface area (Å²) in [5.74, 6) is 0.440. The maximum Gasteiger partial charge on any atom is 0.124 e. The summed E-state index contributed by atoms with van der Waals surface area (Å²) in [4.78, 5) is 4.01. The normalized spacial score (nSPS) is 10.1. The van der Waals surface area contributed by atoms with Gasteiger partial charge in [-0.15, -0.1) is 0 Å². The minimum absolute atomic E-state index is 0.440. The quantitative estimate of drug-likeness (QED) is 0.776. The van der Waals surface area contributed by atoms with Crippen molar-refractivity contribution in [2.45, 2.75) is 0 Å². The number of rotatable bonds is 1. The van der Waals surface area contributed by atoms with Crippen LogP contribution in [0.2, 0.25) is 5.02 Å². The van der Waals surface area contributed by atoms with Gasteiger partial charge in [-0.05, 0) is 11.6 Å². The summed E-state index contributed by atoms with van der Waals surface area (Å²) in [5, 5.41) is 0.628. The second-order valence-corrected chi connectivity index (χ2v) is 3.36. The van der Waals surface area contributed by atoms with Crippen LogP contribution in [0.15, 0.2) is 42.6 Å². The summed E-state index contributed by atoms with van der Waals surface area (Å²) >= 11 is 6.04. The van der Waals surface area contributed by atoms with Crippen molar-refractivity contribution in [1.82, 2.24) is 4.98 Å². The molecule has 1 aromatic carbocycles. The number of pyridine rings is 1. The van der Waals surface area contributed by atoms with Gasteiger partial charge < -0.3 is 5.73 Å². The first kappa shape index (κ1) is 9.03. The average Bonchev–Trinajstić information content (AvgIpc) is 2.19. The maximum atomic E-state index is 6.04. The van der Waals surface area contributed by atoms with E-state index in [0.29, 0.717) is 10.8 Å². The van der Waals surface area contributed by atoms with Crippen molar-refractivity contribution >= 4 is 17.4 Å². The molecule has 0 amide bonds. The summed E-state index contributed by atoms with van der Waals surface area (Å²) in [6.45, 7) is 0. The fourth-order valence-electron chi connectivity index (χ4n) is 1.28. The smallest absolute Gasteiger partial charge is 0.124 e. The van der Waals surface area contributed by atoms with Gasteiger partial charge in [-0.3, -0.25) is 0 Å². The van der Waals surface area contributed by atoms with Crippen molar-refractivity contribution in [1.29, 1.82) is 0 Å². The zero-order chi connectivity index (χ0) is 9.97. The minimum Gasteiger partial charge on any atom is -0.384 e. The Hall–Kier alpha value is -1.54. The van der Waals surface area contributed by atoms with Gasteiger partial charge in [0, 0.05) is 11.8 Å². The number of benzene rings is 1. The molecule has 0 aliphatic heterocycles. The molecule has 0 aliphatic carbocycles. The largest absolute Gasteiger partial charge is 0.384 e. The molecule has 3 heteroatoms. The Kier molecular flexibility index (Phi) is 2.37. The fraction of sp³-hybridized carbons (Fsp3) is 0. The Morgan fingerprint density at radius 3 is 2.50 bits per heavy atom. The molecule has 0 radical (unpaired) electrons. The molecule has 70 valence electrons. The van der Waals surface area contributed by atoms with Crippen molar-refractivity contribution in [2.24, 2.45) is 0 Å². The van der Waals surface area contributed by atoms with Gasteiger partial charge in [0.1, 0.15) is 5.82 Å². The second-order valence-electron chi connectivity index (χ2n) is 2.96. The Balaban J connectivity index is 2.53. The molecule has 1 heterocycles. The average molecular weight is 205 g/mol. The van der Waals surface area contributed by atoms with E-state index in [-0.39, 0.29) is 0 Å². The molecule has 2 rings (SSSR count). The van der Waals surface area contributed by atoms with Crippen LogP contribution in [0.1, 0.15) is 0 Å². The highest BCUT2D eigenvalue weighted by Gasteiger charge is 2.03. The van der Waals surface area contributed by atoms with Gasteiger partial charge in [-0.1, -0.05) is 41.9 Å². The number of nitrogens with two attached hydrogens (primary N) is 1. The zero-order valence-electron chi connectivity index (χ0n) is 7.44. The Morgan fingerprint density at radius 1 is 1.14 bits per heavy atom. The van der Waals surface area contributed by atoms with Crippen LogP contribution in [0.25, 0.3) is 11.1 Å². The van der Waals surface area contributed by atoms with Crippen molar-refractivity contribution in [3.8, 4) is 11.1 Å². The number of aromatic nitrogens is 1. The van der Waals surface area contributed by atoms with E-state index in [2.05, 4.69) is 4.98 Å². The van der Waals surface area contributed by atoms with E-state index in [9.17, 15) is 0 Å². The van der Waals surface area contributed by atoms with E-state index in [1.54, 1.807) is 12.3 Å². The van der Waals surface area contributed by atoms with Crippen LogP contribution in [0.5, 0.6) is 0 Å². The lowest BCUT2D eigenvalue weighted by Crippen LogP contribution is -1.90. The van der Waals surface area contributed by atoms with Crippen LogP contribution >= 0.6 is 11.6 Å². The molecule has 2 nitrogen and oxygen atoms in total. The summed E-state index contributed by atoms with van der Waals surface area (Å²) < 4.78 is 0. The number of anilines is 1. The molecule has 0 unspecified atom stereocenters. The Morgan fingerprint density at radius 2 is 1.86 bits per heavy atom. The summed E-state index contributed by atoms with van der Waals surface area (Å²) in [5.41, 5.74) is 7.46. The SMILES string of the molecule is Nc1cc(Cl)c(-c2ccccc2)cn1. The molecule has 14 heavy (non-hydrogen) atoms. The van der Waals surface area contributed by atoms with Crippen LogP contribution in [-0.4, -0.2) is 4.98 Å². The molecular formula is C11H9ClN2. The molecule has 0 fully saturated rings. The lowest BCUT2D eigenvalue weighted by atomic mass is 10.1. The molecule has 0 spiro atoms. The van der Waals surface area contributed by atoms with Crippen LogP contribution < -0.4 is 5.73 Å². The molecular weight excluding hydrogens is 196 g/mol. The molecule has 0 atom stereocenters. The first-order valence-corrected chi connectivity index (χ1v) is 4.61. The molecule has 2 N–H and O–H groups in total. The van der Waals surface area contributed by atoms with Crippen molar-refractivity contribution < 1.29 is 0 Å². The van der Waals surface area contributed by atoms with E-state index < -0.39 is 0 Å². The number of hydrogen-bond acceptors (Lipinski definition) is 2. The van der Waals surface area contributed by atoms with Crippen LogP contribution in [0.3, 0.4) is 0 Å². The standard InChI is InChI=1S/C11H9ClN2/c12-10-6-11(13)14-7-9(10)8-4-2-1-3-5-8/h1-7H,(H2,13,14). The number of hydrogen-bond donors (Lipinski definition) is 1. The fourth-order valence-corrected chi connectivity index (χ4v) is 1.55. The van der Waals surface area contributed by atoms with Gasteiger partial charge in [-0.2, -0.15) is 0 Å². The highest BCUT2D eigenvalue weighted by atomic mass is 35.5. The lowest BCUT2D eigenvalue weighted by molar-refractivity contribution is 1.34. The van der Waals surface area contributed by atoms with Crippen molar-refractivity contribution in [2.75, 3.05) is 5.73 Å². The molecule has 0 saturated carbocycles. The molecule has 0 bridgehead atoms. The van der Waals surface area contributed by atoms with Gasteiger partial charge >= 0.3 is 0 Å². The third-order valence-corrected chi connectivity index (χ3v) is 2.27. The first-order valence-electron chi connectivity index (χ1n) is 4.24. The third kappa shape index (κ3) is 1.70. The van der Waals surface area contributed by atoms with Crippen molar-refractivity contribution in [3.63, 3.8) is 0 Å². The predicted octanol–water partition coefficient (Wildman–Crippen LogP) is 2.98. The third-order valence-electron chi connectivity index (χ3n) is 1.96. The minimum atomic E-state index is 0.440. The topological polar surface area (TPSA) is 38.9 Å². The Bertz CT molecular complexity index is 440. The van der Waals surface area contributed by atoms with Crippen LogP contribution in [0, 0.1) is 0 Å². The van der Waals surface area contributed by atoms with E-state index in [1.165, 1.54) is 0 Å². The summed E-state index contributed by atoms with van der Waals surface area (Å²) in [6, 6.07) is 11.5. The summed E-state index contributed by atoms with van der Waals surface area (Å²) in [7, 11) is 0. The van der Waals surface area contributed by atoms with E-state index >= 15 is 0 Å². The van der Waals surface area contributed by atoms with E-state index in [4.69, 9.17) is 17.3 Å². The van der Waals surface area contributed by atoms with Crippen LogP contribution in [0.4, 0.5) is 5.82 Å². The van der Waals surface area contributed by atoms with E-state index in [1.807, 2.05) is 30.3 Å². The van der Waals surface area contributed by atoms with Gasteiger partial charge in [0.25, 0.3) is 0 Å². The maximum absolute atomic E-state index is 6.04. The van der Waals surface area contributed by atoms with E-state index in [0.717, 1.165) is 11.1 Å². The number of nitrogen functional groups attached to an aromatic ring is 1. The predicted molar refractivity (Wildman–Crippen MR) is 59.1 cm³/mol. The molecule has 0 aliphatic rings. The van der Waals surface area contributed by atoms with Gasteiger partial charge in [-0.25, -0.2) is 4.98 Å².